The Bertz CT molecular complexity index is 1130. The third-order valence-corrected chi connectivity index (χ3v) is 4.96. The molecule has 2 aromatic carbocycles. The Kier molecular flexibility index (Phi) is 5.51. The number of ether oxygens (including phenoxy) is 1. The first-order valence-electron chi connectivity index (χ1n) is 9.13. The molecule has 0 saturated heterocycles. The smallest absolute Gasteiger partial charge is 0.310 e. The van der Waals surface area contributed by atoms with Crippen molar-refractivity contribution in [2.45, 2.75) is 26.2 Å². The van der Waals surface area contributed by atoms with Crippen molar-refractivity contribution in [1.29, 1.82) is 0 Å². The zero-order chi connectivity index (χ0) is 22.2. The molecule has 0 amide bonds. The SMILES string of the molecule is CCC(=O)CC(=O)c1c(CC(=O)OC)cc2c(c1O)C(=O)c1c(O)cccc1C2=O. The van der Waals surface area contributed by atoms with Crippen molar-refractivity contribution in [2.24, 2.45) is 0 Å². The lowest BCUT2D eigenvalue weighted by Crippen LogP contribution is -2.24. The lowest BCUT2D eigenvalue weighted by molar-refractivity contribution is -0.139. The van der Waals surface area contributed by atoms with Gasteiger partial charge in [-0.15, -0.1) is 0 Å². The first-order chi connectivity index (χ1) is 14.2. The predicted molar refractivity (Wildman–Crippen MR) is 103 cm³/mol. The molecular weight excluding hydrogens is 392 g/mol. The highest BCUT2D eigenvalue weighted by Gasteiger charge is 2.37. The van der Waals surface area contributed by atoms with E-state index in [0.29, 0.717) is 0 Å². The summed E-state index contributed by atoms with van der Waals surface area (Å²) in [6.07, 6.45) is -0.906. The lowest BCUT2D eigenvalue weighted by atomic mass is 9.79. The molecule has 0 spiro atoms. The van der Waals surface area contributed by atoms with Gasteiger partial charge in [0.05, 0.1) is 36.6 Å². The van der Waals surface area contributed by atoms with E-state index < -0.39 is 59.0 Å². The molecule has 8 heteroatoms. The molecule has 8 nitrogen and oxygen atoms in total. The number of hydrogen-bond donors (Lipinski definition) is 2. The van der Waals surface area contributed by atoms with Crippen LogP contribution < -0.4 is 0 Å². The Morgan fingerprint density at radius 3 is 2.33 bits per heavy atom. The van der Waals surface area contributed by atoms with Gasteiger partial charge in [0.2, 0.25) is 5.78 Å². The summed E-state index contributed by atoms with van der Waals surface area (Å²) < 4.78 is 4.61. The fourth-order valence-electron chi connectivity index (χ4n) is 3.44. The van der Waals surface area contributed by atoms with Gasteiger partial charge in [-0.1, -0.05) is 19.1 Å². The van der Waals surface area contributed by atoms with E-state index >= 15 is 0 Å². The highest BCUT2D eigenvalue weighted by atomic mass is 16.5. The van der Waals surface area contributed by atoms with Gasteiger partial charge in [0.1, 0.15) is 17.3 Å². The Labute approximate surface area is 171 Å². The molecule has 0 saturated carbocycles. The maximum atomic E-state index is 13.0. The number of methoxy groups -OCH3 is 1. The normalized spacial score (nSPS) is 12.2. The topological polar surface area (TPSA) is 135 Å². The number of carbonyl (C=O) groups excluding carboxylic acids is 5. The molecule has 2 N–H and O–H groups in total. The molecule has 0 fully saturated rings. The summed E-state index contributed by atoms with van der Waals surface area (Å²) in [5, 5.41) is 20.9. The van der Waals surface area contributed by atoms with Crippen LogP contribution >= 0.6 is 0 Å². The molecule has 2 aromatic rings. The Balaban J connectivity index is 2.28. The van der Waals surface area contributed by atoms with Crippen molar-refractivity contribution < 1.29 is 38.9 Å². The predicted octanol–water partition coefficient (Wildman–Crippen LogP) is 2.14. The monoisotopic (exact) mass is 410 g/mol. The number of aromatic hydroxyl groups is 2. The number of hydrogen-bond acceptors (Lipinski definition) is 8. The van der Waals surface area contributed by atoms with E-state index in [1.807, 2.05) is 0 Å². The number of rotatable bonds is 6. The number of esters is 1. The summed E-state index contributed by atoms with van der Waals surface area (Å²) >= 11 is 0. The average molecular weight is 410 g/mol. The number of phenols is 2. The third-order valence-electron chi connectivity index (χ3n) is 4.96. The van der Waals surface area contributed by atoms with Crippen molar-refractivity contribution in [1.82, 2.24) is 0 Å². The van der Waals surface area contributed by atoms with Crippen LogP contribution in [0.2, 0.25) is 0 Å². The maximum Gasteiger partial charge on any atom is 0.310 e. The molecule has 3 rings (SSSR count). The van der Waals surface area contributed by atoms with Gasteiger partial charge < -0.3 is 14.9 Å². The van der Waals surface area contributed by atoms with Crippen LogP contribution in [0.25, 0.3) is 0 Å². The molecule has 0 bridgehead atoms. The fourth-order valence-corrected chi connectivity index (χ4v) is 3.44. The molecule has 0 aliphatic heterocycles. The van der Waals surface area contributed by atoms with Gasteiger partial charge in [0.25, 0.3) is 0 Å². The van der Waals surface area contributed by atoms with Gasteiger partial charge in [-0.05, 0) is 17.7 Å². The number of ketones is 4. The molecule has 0 radical (unpaired) electrons. The summed E-state index contributed by atoms with van der Waals surface area (Å²) in [6.45, 7) is 1.57. The van der Waals surface area contributed by atoms with Crippen LogP contribution in [0, 0.1) is 0 Å². The molecule has 154 valence electrons. The maximum absolute atomic E-state index is 13.0. The van der Waals surface area contributed by atoms with Gasteiger partial charge in [-0.2, -0.15) is 0 Å². The fraction of sp³-hybridized carbons (Fsp3) is 0.227. The number of phenolic OH excluding ortho intramolecular Hbond substituents is 2. The van der Waals surface area contributed by atoms with E-state index in [1.54, 1.807) is 6.92 Å². The first kappa shape index (κ1) is 20.9. The minimum absolute atomic E-state index is 0.0308. The molecule has 30 heavy (non-hydrogen) atoms. The molecule has 0 heterocycles. The van der Waals surface area contributed by atoms with Gasteiger partial charge in [0.15, 0.2) is 11.6 Å². The third kappa shape index (κ3) is 3.36. The van der Waals surface area contributed by atoms with E-state index in [4.69, 9.17) is 0 Å². The van der Waals surface area contributed by atoms with Crippen molar-refractivity contribution in [2.75, 3.05) is 7.11 Å². The van der Waals surface area contributed by atoms with Crippen molar-refractivity contribution >= 4 is 29.1 Å². The van der Waals surface area contributed by atoms with Gasteiger partial charge >= 0.3 is 5.97 Å². The van der Waals surface area contributed by atoms with Crippen LogP contribution in [0.5, 0.6) is 11.5 Å². The average Bonchev–Trinajstić information content (AvgIpc) is 2.71. The summed E-state index contributed by atoms with van der Waals surface area (Å²) in [6, 6.07) is 5.16. The van der Waals surface area contributed by atoms with Crippen molar-refractivity contribution in [3.63, 3.8) is 0 Å². The van der Waals surface area contributed by atoms with E-state index in [1.165, 1.54) is 24.3 Å². The van der Waals surface area contributed by atoms with Crippen molar-refractivity contribution in [3.8, 4) is 11.5 Å². The zero-order valence-corrected chi connectivity index (χ0v) is 16.3. The van der Waals surface area contributed by atoms with Crippen molar-refractivity contribution in [3.05, 3.63) is 57.6 Å². The zero-order valence-electron chi connectivity index (χ0n) is 16.3. The largest absolute Gasteiger partial charge is 0.507 e. The van der Waals surface area contributed by atoms with E-state index in [0.717, 1.165) is 7.11 Å². The quantitative estimate of drug-likeness (QED) is 0.358. The van der Waals surface area contributed by atoms with Crippen LogP contribution in [0.3, 0.4) is 0 Å². The number of Topliss-reactive ketones (excluding diaryl/α,β-unsaturated/α-hetero) is 2. The van der Waals surface area contributed by atoms with Gasteiger partial charge in [-0.25, -0.2) is 0 Å². The summed E-state index contributed by atoms with van der Waals surface area (Å²) in [7, 11) is 1.14. The molecule has 1 aliphatic rings. The summed E-state index contributed by atoms with van der Waals surface area (Å²) in [5.41, 5.74) is -1.41. The van der Waals surface area contributed by atoms with E-state index in [9.17, 15) is 34.2 Å². The molecule has 0 atom stereocenters. The molecule has 1 aliphatic carbocycles. The Morgan fingerprint density at radius 1 is 1.00 bits per heavy atom. The molecule has 0 aromatic heterocycles. The highest BCUT2D eigenvalue weighted by molar-refractivity contribution is 6.31. The van der Waals surface area contributed by atoms with Crippen LogP contribution in [0.4, 0.5) is 0 Å². The summed E-state index contributed by atoms with van der Waals surface area (Å²) in [5.74, 6) is -4.65. The number of carbonyl (C=O) groups is 5. The van der Waals surface area contributed by atoms with E-state index in [-0.39, 0.29) is 34.2 Å². The first-order valence-corrected chi connectivity index (χ1v) is 9.13. The number of fused-ring (bicyclic) bond motifs is 2. The van der Waals surface area contributed by atoms with Crippen LogP contribution in [-0.2, 0) is 20.7 Å². The minimum Gasteiger partial charge on any atom is -0.507 e. The van der Waals surface area contributed by atoms with Crippen LogP contribution in [0.15, 0.2) is 24.3 Å². The standard InChI is InChI=1S/C22H18O8/c1-3-11(23)9-15(25)17-10(8-16(26)30-2)7-13-19(21(17)28)22(29)18-12(20(13)27)5-4-6-14(18)24/h4-7,24,28H,3,8-9H2,1-2H3. The van der Waals surface area contributed by atoms with Gasteiger partial charge in [0, 0.05) is 17.5 Å². The summed E-state index contributed by atoms with van der Waals surface area (Å²) in [4.78, 5) is 62.3. The van der Waals surface area contributed by atoms with Crippen LogP contribution in [-0.4, -0.2) is 46.4 Å². The molecular formula is C22H18O8. The second-order valence-corrected chi connectivity index (χ2v) is 6.78. The van der Waals surface area contributed by atoms with E-state index in [2.05, 4.69) is 4.74 Å². The second kappa shape index (κ2) is 7.90. The molecule has 0 unspecified atom stereocenters. The Hall–Kier alpha value is -3.81. The van der Waals surface area contributed by atoms with Crippen LogP contribution in [0.1, 0.15) is 67.5 Å². The minimum atomic E-state index is -0.837. The highest BCUT2D eigenvalue weighted by Crippen LogP contribution is 2.40. The Morgan fingerprint density at radius 2 is 1.70 bits per heavy atom. The van der Waals surface area contributed by atoms with Gasteiger partial charge in [-0.3, -0.25) is 24.0 Å². The lowest BCUT2D eigenvalue weighted by Gasteiger charge is -2.22. The number of benzene rings is 2. The second-order valence-electron chi connectivity index (χ2n) is 6.78.